The van der Waals surface area contributed by atoms with Crippen molar-refractivity contribution in [3.8, 4) is 22.3 Å². The molecule has 1 aliphatic carbocycles. The molecule has 6 aromatic carbocycles. The van der Waals surface area contributed by atoms with Gasteiger partial charge in [0.25, 0.3) is 0 Å². The van der Waals surface area contributed by atoms with Crippen LogP contribution in [-0.2, 0) is 5.41 Å². The normalized spacial score (nSPS) is 13.9. The summed E-state index contributed by atoms with van der Waals surface area (Å²) in [6.07, 6.45) is 0. The second-order valence-electron chi connectivity index (χ2n) is 10.5. The summed E-state index contributed by atoms with van der Waals surface area (Å²) in [6, 6.07) is 42.5. The maximum atomic E-state index is 14.1. The minimum Gasteiger partial charge on any atom is -0.289 e. The van der Waals surface area contributed by atoms with Crippen LogP contribution in [0.15, 0.2) is 121 Å². The molecule has 176 valence electrons. The summed E-state index contributed by atoms with van der Waals surface area (Å²) < 4.78 is 0. The summed E-state index contributed by atoms with van der Waals surface area (Å²) in [5.74, 6) is 0.105. The van der Waals surface area contributed by atoms with E-state index in [0.717, 1.165) is 44.5 Å². The zero-order valence-corrected chi connectivity index (χ0v) is 21.0. The molecule has 0 fully saturated rings. The number of fused-ring (bicyclic) bond motifs is 4. The molecule has 7 rings (SSSR count). The van der Waals surface area contributed by atoms with Gasteiger partial charge in [-0.1, -0.05) is 123 Å². The molecule has 0 unspecified atom stereocenters. The first-order valence-electron chi connectivity index (χ1n) is 12.8. The van der Waals surface area contributed by atoms with Crippen molar-refractivity contribution in [1.82, 2.24) is 0 Å². The van der Waals surface area contributed by atoms with Crippen LogP contribution in [0.2, 0.25) is 0 Å². The summed E-state index contributed by atoms with van der Waals surface area (Å²) in [6.45, 7) is 4.46. The van der Waals surface area contributed by atoms with Gasteiger partial charge in [0, 0.05) is 16.5 Å². The number of ketones is 1. The highest BCUT2D eigenvalue weighted by Crippen LogP contribution is 2.44. The predicted molar refractivity (Wildman–Crippen MR) is 154 cm³/mol. The maximum absolute atomic E-state index is 14.1. The maximum Gasteiger partial charge on any atom is 0.193 e. The van der Waals surface area contributed by atoms with Gasteiger partial charge in [0.1, 0.15) is 0 Å². The molecule has 0 amide bonds. The molecule has 0 radical (unpaired) electrons. The summed E-state index contributed by atoms with van der Waals surface area (Å²) >= 11 is 0. The number of benzene rings is 6. The van der Waals surface area contributed by atoms with Gasteiger partial charge in [-0.15, -0.1) is 0 Å². The minimum absolute atomic E-state index is 0.105. The van der Waals surface area contributed by atoms with Gasteiger partial charge in [0.05, 0.1) is 0 Å². The quantitative estimate of drug-likeness (QED) is 0.244. The van der Waals surface area contributed by atoms with E-state index in [1.54, 1.807) is 0 Å². The van der Waals surface area contributed by atoms with Crippen LogP contribution in [0.5, 0.6) is 0 Å². The van der Waals surface area contributed by atoms with Crippen LogP contribution in [0, 0.1) is 0 Å². The molecule has 0 aromatic heterocycles. The van der Waals surface area contributed by atoms with E-state index in [4.69, 9.17) is 0 Å². The third-order valence-electron chi connectivity index (χ3n) is 8.08. The second kappa shape index (κ2) is 8.01. The van der Waals surface area contributed by atoms with E-state index < -0.39 is 0 Å². The van der Waals surface area contributed by atoms with Crippen LogP contribution in [0.3, 0.4) is 0 Å². The lowest BCUT2D eigenvalue weighted by atomic mass is 9.67. The van der Waals surface area contributed by atoms with E-state index in [2.05, 4.69) is 135 Å². The van der Waals surface area contributed by atoms with Crippen molar-refractivity contribution in [2.75, 3.05) is 0 Å². The van der Waals surface area contributed by atoms with E-state index in [0.29, 0.717) is 0 Å². The van der Waals surface area contributed by atoms with Gasteiger partial charge in [-0.2, -0.15) is 0 Å². The first kappa shape index (κ1) is 21.8. The molecular weight excluding hydrogens is 448 g/mol. The van der Waals surface area contributed by atoms with Crippen LogP contribution >= 0.6 is 0 Å². The summed E-state index contributed by atoms with van der Waals surface area (Å²) in [5, 5.41) is 4.81. The average Bonchev–Trinajstić information content (AvgIpc) is 2.95. The zero-order valence-electron chi connectivity index (χ0n) is 21.0. The standard InChI is InChI=1S/C36H26O/c1-36(2)33-19-17-25(29-15-7-11-23-9-3-5-13-27(23)29)21-31(33)35(37)32-22-26(18-20-34(32)36)30-16-8-12-24-10-4-6-14-28(24)30/h3-22H,1-2H3. The Morgan fingerprint density at radius 2 is 0.892 bits per heavy atom. The Bertz CT molecular complexity index is 1730. The van der Waals surface area contributed by atoms with Crippen molar-refractivity contribution < 1.29 is 4.79 Å². The Hall–Kier alpha value is -4.49. The molecule has 1 nitrogen and oxygen atoms in total. The second-order valence-corrected chi connectivity index (χ2v) is 10.5. The van der Waals surface area contributed by atoms with Crippen molar-refractivity contribution in [3.05, 3.63) is 144 Å². The number of hydrogen-bond donors (Lipinski definition) is 0. The zero-order chi connectivity index (χ0) is 25.1. The Labute approximate surface area is 217 Å². The van der Waals surface area contributed by atoms with Crippen molar-refractivity contribution >= 4 is 27.3 Å². The molecule has 0 heterocycles. The van der Waals surface area contributed by atoms with Gasteiger partial charge in [0.15, 0.2) is 5.78 Å². The molecule has 37 heavy (non-hydrogen) atoms. The highest BCUT2D eigenvalue weighted by atomic mass is 16.1. The van der Waals surface area contributed by atoms with Gasteiger partial charge < -0.3 is 0 Å². The van der Waals surface area contributed by atoms with Gasteiger partial charge in [-0.25, -0.2) is 0 Å². The van der Waals surface area contributed by atoms with Gasteiger partial charge in [-0.3, -0.25) is 4.79 Å². The number of hydrogen-bond acceptors (Lipinski definition) is 1. The average molecular weight is 475 g/mol. The fourth-order valence-electron chi connectivity index (χ4n) is 6.13. The fourth-order valence-corrected chi connectivity index (χ4v) is 6.13. The largest absolute Gasteiger partial charge is 0.289 e. The third-order valence-corrected chi connectivity index (χ3v) is 8.08. The molecule has 0 N–H and O–H groups in total. The fraction of sp³-hybridized carbons (Fsp3) is 0.0833. The van der Waals surface area contributed by atoms with Crippen LogP contribution in [-0.4, -0.2) is 5.78 Å². The van der Waals surface area contributed by atoms with Gasteiger partial charge in [0.2, 0.25) is 0 Å². The Morgan fingerprint density at radius 3 is 1.38 bits per heavy atom. The number of rotatable bonds is 2. The van der Waals surface area contributed by atoms with Crippen molar-refractivity contribution in [2.45, 2.75) is 19.3 Å². The smallest absolute Gasteiger partial charge is 0.193 e. The van der Waals surface area contributed by atoms with Crippen molar-refractivity contribution in [3.63, 3.8) is 0 Å². The first-order chi connectivity index (χ1) is 18.0. The van der Waals surface area contributed by atoms with E-state index in [1.165, 1.54) is 21.5 Å². The minimum atomic E-state index is -0.271. The lowest BCUT2D eigenvalue weighted by molar-refractivity contribution is 0.103. The first-order valence-corrected chi connectivity index (χ1v) is 12.8. The van der Waals surface area contributed by atoms with Gasteiger partial charge in [-0.05, 0) is 67.1 Å². The highest BCUT2D eigenvalue weighted by Gasteiger charge is 2.37. The van der Waals surface area contributed by atoms with E-state index in [-0.39, 0.29) is 11.2 Å². The summed E-state index contributed by atoms with van der Waals surface area (Å²) in [5.41, 5.74) is 7.98. The molecule has 0 atom stereocenters. The Kier molecular flexibility index (Phi) is 4.71. The summed E-state index contributed by atoms with van der Waals surface area (Å²) in [7, 11) is 0. The lowest BCUT2D eigenvalue weighted by Gasteiger charge is -2.35. The van der Waals surface area contributed by atoms with Crippen molar-refractivity contribution in [2.24, 2.45) is 0 Å². The molecule has 1 aliphatic rings. The molecule has 6 aromatic rings. The van der Waals surface area contributed by atoms with E-state index >= 15 is 0 Å². The molecular formula is C36H26O. The molecule has 1 heteroatoms. The number of carbonyl (C=O) groups is 1. The van der Waals surface area contributed by atoms with Crippen LogP contribution < -0.4 is 0 Å². The molecule has 0 bridgehead atoms. The van der Waals surface area contributed by atoms with E-state index in [9.17, 15) is 4.79 Å². The molecule has 0 aliphatic heterocycles. The number of carbonyl (C=O) groups excluding carboxylic acids is 1. The Morgan fingerprint density at radius 1 is 0.459 bits per heavy atom. The Balaban J connectivity index is 1.40. The third kappa shape index (κ3) is 3.28. The van der Waals surface area contributed by atoms with Gasteiger partial charge >= 0.3 is 0 Å². The van der Waals surface area contributed by atoms with Crippen molar-refractivity contribution in [1.29, 1.82) is 0 Å². The van der Waals surface area contributed by atoms with Crippen LogP contribution in [0.25, 0.3) is 43.8 Å². The topological polar surface area (TPSA) is 17.1 Å². The predicted octanol–water partition coefficient (Wildman–Crippen LogP) is 9.20. The lowest BCUT2D eigenvalue weighted by Crippen LogP contribution is -2.30. The van der Waals surface area contributed by atoms with Crippen LogP contribution in [0.4, 0.5) is 0 Å². The highest BCUT2D eigenvalue weighted by molar-refractivity contribution is 6.15. The van der Waals surface area contributed by atoms with Crippen LogP contribution in [0.1, 0.15) is 40.9 Å². The molecule has 0 saturated carbocycles. The SMILES string of the molecule is CC1(C)c2ccc(-c3cccc4ccccc34)cc2C(=O)c2cc(-c3cccc4ccccc34)ccc21. The monoisotopic (exact) mass is 474 g/mol. The van der Waals surface area contributed by atoms with E-state index in [1.807, 2.05) is 0 Å². The molecule has 0 spiro atoms. The molecule has 0 saturated heterocycles. The summed E-state index contributed by atoms with van der Waals surface area (Å²) in [4.78, 5) is 14.1.